The SMILES string of the molecule is CCN(CC)S(=O)(=O)c1cc(C(=O)OCC(=O)N2CCCCCCC2)ccc1F. The number of hydrogen-bond donors (Lipinski definition) is 0. The van der Waals surface area contributed by atoms with Crippen molar-refractivity contribution in [1.82, 2.24) is 9.21 Å². The molecule has 1 amide bonds. The lowest BCUT2D eigenvalue weighted by atomic mass is 10.1. The smallest absolute Gasteiger partial charge is 0.338 e. The van der Waals surface area contributed by atoms with E-state index in [1.54, 1.807) is 18.7 Å². The molecule has 0 unspecified atom stereocenters. The average molecular weight is 429 g/mol. The van der Waals surface area contributed by atoms with Crippen molar-refractivity contribution < 1.29 is 27.1 Å². The van der Waals surface area contributed by atoms with Gasteiger partial charge in [0.05, 0.1) is 5.56 Å². The van der Waals surface area contributed by atoms with E-state index in [0.29, 0.717) is 13.1 Å². The van der Waals surface area contributed by atoms with Crippen LogP contribution in [0.3, 0.4) is 0 Å². The normalized spacial score (nSPS) is 15.7. The summed E-state index contributed by atoms with van der Waals surface area (Å²) in [6.07, 6.45) is 5.15. The van der Waals surface area contributed by atoms with Crippen LogP contribution in [-0.2, 0) is 19.6 Å². The molecule has 1 aliphatic rings. The van der Waals surface area contributed by atoms with E-state index in [1.165, 1.54) is 6.42 Å². The number of halogens is 1. The van der Waals surface area contributed by atoms with E-state index < -0.39 is 33.3 Å². The van der Waals surface area contributed by atoms with Crippen LogP contribution in [0.5, 0.6) is 0 Å². The van der Waals surface area contributed by atoms with Crippen LogP contribution in [-0.4, -0.2) is 62.3 Å². The molecule has 1 heterocycles. The number of nitrogens with zero attached hydrogens (tertiary/aromatic N) is 2. The molecule has 1 aromatic carbocycles. The van der Waals surface area contributed by atoms with Crippen molar-refractivity contribution in [2.75, 3.05) is 32.8 Å². The largest absolute Gasteiger partial charge is 0.452 e. The van der Waals surface area contributed by atoms with E-state index in [0.717, 1.165) is 48.2 Å². The first-order valence-corrected chi connectivity index (χ1v) is 11.5. The topological polar surface area (TPSA) is 84.0 Å². The highest BCUT2D eigenvalue weighted by Crippen LogP contribution is 2.21. The van der Waals surface area contributed by atoms with Crippen molar-refractivity contribution in [3.05, 3.63) is 29.6 Å². The van der Waals surface area contributed by atoms with Crippen LogP contribution in [0.1, 0.15) is 56.3 Å². The van der Waals surface area contributed by atoms with E-state index in [1.807, 2.05) is 0 Å². The Morgan fingerprint density at radius 3 is 2.24 bits per heavy atom. The Labute approximate surface area is 171 Å². The second kappa shape index (κ2) is 10.7. The van der Waals surface area contributed by atoms with Crippen LogP contribution in [0.15, 0.2) is 23.1 Å². The minimum atomic E-state index is -4.07. The van der Waals surface area contributed by atoms with Crippen molar-refractivity contribution in [1.29, 1.82) is 0 Å². The number of sulfonamides is 1. The third-order valence-corrected chi connectivity index (χ3v) is 7.09. The number of ether oxygens (including phenoxy) is 1. The molecule has 9 heteroatoms. The Balaban J connectivity index is 2.08. The number of carbonyl (C=O) groups is 2. The second-order valence-corrected chi connectivity index (χ2v) is 8.87. The van der Waals surface area contributed by atoms with Gasteiger partial charge in [0.2, 0.25) is 10.0 Å². The Hall–Kier alpha value is -2.00. The molecule has 29 heavy (non-hydrogen) atoms. The van der Waals surface area contributed by atoms with Crippen LogP contribution in [0.25, 0.3) is 0 Å². The summed E-state index contributed by atoms with van der Waals surface area (Å²) in [5, 5.41) is 0. The predicted octanol–water partition coefficient (Wildman–Crippen LogP) is 2.81. The maximum atomic E-state index is 14.2. The molecule has 1 fully saturated rings. The van der Waals surface area contributed by atoms with Crippen molar-refractivity contribution in [2.24, 2.45) is 0 Å². The van der Waals surface area contributed by atoms with Crippen molar-refractivity contribution in [3.63, 3.8) is 0 Å². The van der Waals surface area contributed by atoms with Gasteiger partial charge in [-0.1, -0.05) is 33.1 Å². The molecule has 0 N–H and O–H groups in total. The zero-order valence-electron chi connectivity index (χ0n) is 17.0. The van der Waals surface area contributed by atoms with Crippen LogP contribution in [0.2, 0.25) is 0 Å². The molecular formula is C20H29FN2O5S. The van der Waals surface area contributed by atoms with E-state index in [4.69, 9.17) is 4.74 Å². The van der Waals surface area contributed by atoms with Crippen LogP contribution >= 0.6 is 0 Å². The Morgan fingerprint density at radius 1 is 1.07 bits per heavy atom. The Morgan fingerprint density at radius 2 is 1.66 bits per heavy atom. The standard InChI is InChI=1S/C20H29FN2O5S/c1-3-23(4-2)29(26,27)18-14-16(10-11-17(18)21)20(25)28-15-19(24)22-12-8-6-5-7-9-13-22/h10-11,14H,3-9,12-13,15H2,1-2H3. The summed E-state index contributed by atoms with van der Waals surface area (Å²) in [6, 6.07) is 3.04. The van der Waals surface area contributed by atoms with Gasteiger partial charge in [0.15, 0.2) is 6.61 Å². The third kappa shape index (κ3) is 5.99. The van der Waals surface area contributed by atoms with Gasteiger partial charge in [-0.3, -0.25) is 4.79 Å². The highest BCUT2D eigenvalue weighted by molar-refractivity contribution is 7.89. The molecule has 0 atom stereocenters. The van der Waals surface area contributed by atoms with Crippen LogP contribution in [0, 0.1) is 5.82 Å². The molecule has 0 radical (unpaired) electrons. The quantitative estimate of drug-likeness (QED) is 0.624. The van der Waals surface area contributed by atoms with Crippen LogP contribution < -0.4 is 0 Å². The van der Waals surface area contributed by atoms with Gasteiger partial charge in [-0.2, -0.15) is 4.31 Å². The first-order valence-electron chi connectivity index (χ1n) is 10.1. The molecule has 0 saturated carbocycles. The summed E-state index contributed by atoms with van der Waals surface area (Å²) in [6.45, 7) is 4.50. The average Bonchev–Trinajstić information content (AvgIpc) is 2.66. The lowest BCUT2D eigenvalue weighted by Gasteiger charge is -2.24. The molecule has 1 aromatic rings. The summed E-state index contributed by atoms with van der Waals surface area (Å²) >= 11 is 0. The molecule has 1 saturated heterocycles. The predicted molar refractivity (Wildman–Crippen MR) is 106 cm³/mol. The Kier molecular flexibility index (Phi) is 8.58. The maximum absolute atomic E-state index is 14.2. The fraction of sp³-hybridized carbons (Fsp3) is 0.600. The fourth-order valence-corrected chi connectivity index (χ4v) is 4.88. The highest BCUT2D eigenvalue weighted by atomic mass is 32.2. The molecular weight excluding hydrogens is 399 g/mol. The number of carbonyl (C=O) groups excluding carboxylic acids is 2. The zero-order chi connectivity index (χ0) is 21.4. The summed E-state index contributed by atoms with van der Waals surface area (Å²) in [7, 11) is -4.07. The van der Waals surface area contributed by atoms with Gasteiger partial charge in [-0.15, -0.1) is 0 Å². The molecule has 0 spiro atoms. The molecule has 1 aliphatic heterocycles. The minimum Gasteiger partial charge on any atom is -0.452 e. The lowest BCUT2D eigenvalue weighted by molar-refractivity contribution is -0.134. The maximum Gasteiger partial charge on any atom is 0.338 e. The second-order valence-electron chi connectivity index (χ2n) is 6.96. The monoisotopic (exact) mass is 428 g/mol. The van der Waals surface area contributed by atoms with E-state index in [2.05, 4.69) is 0 Å². The van der Waals surface area contributed by atoms with Crippen LogP contribution in [0.4, 0.5) is 4.39 Å². The lowest BCUT2D eigenvalue weighted by Crippen LogP contribution is -2.37. The van der Waals surface area contributed by atoms with Crippen molar-refractivity contribution in [2.45, 2.75) is 50.8 Å². The number of benzene rings is 1. The third-order valence-electron chi connectivity index (χ3n) is 5.03. The molecule has 0 bridgehead atoms. The highest BCUT2D eigenvalue weighted by Gasteiger charge is 2.27. The van der Waals surface area contributed by atoms with E-state index >= 15 is 0 Å². The van der Waals surface area contributed by atoms with Gasteiger partial charge in [0.25, 0.3) is 5.91 Å². The van der Waals surface area contributed by atoms with E-state index in [-0.39, 0.29) is 24.6 Å². The number of esters is 1. The van der Waals surface area contributed by atoms with Crippen molar-refractivity contribution in [3.8, 4) is 0 Å². The molecule has 162 valence electrons. The minimum absolute atomic E-state index is 0.113. The van der Waals surface area contributed by atoms with Gasteiger partial charge >= 0.3 is 5.97 Å². The summed E-state index contributed by atoms with van der Waals surface area (Å²) in [5.74, 6) is -2.08. The molecule has 0 aromatic heterocycles. The fourth-order valence-electron chi connectivity index (χ4n) is 3.33. The van der Waals surface area contributed by atoms with Gasteiger partial charge < -0.3 is 9.64 Å². The summed E-state index contributed by atoms with van der Waals surface area (Å²) in [4.78, 5) is 25.8. The van der Waals surface area contributed by atoms with Gasteiger partial charge in [-0.25, -0.2) is 17.6 Å². The summed E-state index contributed by atoms with van der Waals surface area (Å²) in [5.41, 5.74) is -0.113. The number of likely N-dealkylation sites (tertiary alicyclic amines) is 1. The molecule has 7 nitrogen and oxygen atoms in total. The number of amides is 1. The molecule has 2 rings (SSSR count). The van der Waals surface area contributed by atoms with Gasteiger partial charge in [0.1, 0.15) is 10.7 Å². The van der Waals surface area contributed by atoms with Gasteiger partial charge in [0, 0.05) is 26.2 Å². The first kappa shape index (κ1) is 23.3. The zero-order valence-corrected chi connectivity index (χ0v) is 17.8. The van der Waals surface area contributed by atoms with Gasteiger partial charge in [-0.05, 0) is 31.0 Å². The van der Waals surface area contributed by atoms with Crippen molar-refractivity contribution >= 4 is 21.9 Å². The summed E-state index contributed by atoms with van der Waals surface area (Å²) < 4.78 is 45.5. The number of hydrogen-bond acceptors (Lipinski definition) is 5. The Bertz CT molecular complexity index is 816. The first-order chi connectivity index (χ1) is 13.8. The van der Waals surface area contributed by atoms with E-state index in [9.17, 15) is 22.4 Å². The molecule has 0 aliphatic carbocycles. The number of rotatable bonds is 7.